The van der Waals surface area contributed by atoms with Gasteiger partial charge in [-0.25, -0.2) is 0 Å². The number of pyridine rings is 1. The molecule has 1 N–H and O–H groups in total. The molecule has 4 rings (SSSR count). The zero-order valence-corrected chi connectivity index (χ0v) is 17.6. The molecule has 0 aliphatic heterocycles. The van der Waals surface area contributed by atoms with Gasteiger partial charge in [-0.1, -0.05) is 12.1 Å². The molecule has 0 amide bonds. The third-order valence-corrected chi connectivity index (χ3v) is 5.85. The molecule has 6 heteroatoms. The van der Waals surface area contributed by atoms with Crippen molar-refractivity contribution in [2.24, 2.45) is 0 Å². The topological polar surface area (TPSA) is 54.6 Å². The van der Waals surface area contributed by atoms with Gasteiger partial charge in [0.1, 0.15) is 16.2 Å². The van der Waals surface area contributed by atoms with Crippen LogP contribution in [0.1, 0.15) is 6.42 Å². The van der Waals surface area contributed by atoms with Crippen LogP contribution in [0.3, 0.4) is 0 Å². The van der Waals surface area contributed by atoms with Crippen LogP contribution in [0, 0.1) is 0 Å². The monoisotopic (exact) mass is 408 g/mol. The molecule has 0 spiro atoms. The second-order valence-corrected chi connectivity index (χ2v) is 8.13. The molecule has 0 unspecified atom stereocenters. The number of thiophene rings is 1. The highest BCUT2D eigenvalue weighted by Gasteiger charge is 2.16. The molecule has 0 bridgehead atoms. The van der Waals surface area contributed by atoms with E-state index in [1.807, 2.05) is 47.8 Å². The van der Waals surface area contributed by atoms with Crippen molar-refractivity contribution in [2.45, 2.75) is 6.42 Å². The van der Waals surface area contributed by atoms with E-state index in [2.05, 4.69) is 24.0 Å². The van der Waals surface area contributed by atoms with Crippen LogP contribution in [-0.2, 0) is 0 Å². The van der Waals surface area contributed by atoms with Crippen LogP contribution in [0.15, 0.2) is 52.6 Å². The summed E-state index contributed by atoms with van der Waals surface area (Å²) in [4.78, 5) is 17.5. The number of benzene rings is 2. The third kappa shape index (κ3) is 3.86. The van der Waals surface area contributed by atoms with Crippen LogP contribution >= 0.6 is 11.3 Å². The lowest BCUT2D eigenvalue weighted by molar-refractivity contribution is 0.281. The van der Waals surface area contributed by atoms with E-state index in [9.17, 15) is 4.79 Å². The van der Waals surface area contributed by atoms with Gasteiger partial charge in [-0.3, -0.25) is 4.79 Å². The highest BCUT2D eigenvalue weighted by molar-refractivity contribution is 7.17. The van der Waals surface area contributed by atoms with Gasteiger partial charge in [-0.05, 0) is 61.8 Å². The average Bonchev–Trinajstić information content (AvgIpc) is 3.21. The maximum Gasteiger partial charge on any atom is 0.266 e. The Balaban J connectivity index is 1.75. The summed E-state index contributed by atoms with van der Waals surface area (Å²) in [6.07, 6.45) is 0.982. The van der Waals surface area contributed by atoms with Crippen molar-refractivity contribution in [3.05, 3.63) is 58.2 Å². The summed E-state index contributed by atoms with van der Waals surface area (Å²) in [6.45, 7) is 1.69. The minimum Gasteiger partial charge on any atom is -0.496 e. The minimum atomic E-state index is -0.0555. The van der Waals surface area contributed by atoms with E-state index in [-0.39, 0.29) is 5.56 Å². The summed E-state index contributed by atoms with van der Waals surface area (Å²) < 4.78 is 12.3. The zero-order chi connectivity index (χ0) is 20.4. The number of hydrogen-bond donors (Lipinski definition) is 1. The molecule has 0 saturated carbocycles. The Labute approximate surface area is 173 Å². The van der Waals surface area contributed by atoms with E-state index in [0.29, 0.717) is 6.61 Å². The number of ether oxygens (including phenoxy) is 2. The fourth-order valence-corrected chi connectivity index (χ4v) is 4.37. The van der Waals surface area contributed by atoms with Crippen molar-refractivity contribution in [3.8, 4) is 22.6 Å². The molecule has 29 heavy (non-hydrogen) atoms. The van der Waals surface area contributed by atoms with Gasteiger partial charge < -0.3 is 19.4 Å². The van der Waals surface area contributed by atoms with Crippen LogP contribution in [-0.4, -0.2) is 44.2 Å². The minimum absolute atomic E-state index is 0.0555. The molecule has 0 saturated heterocycles. The lowest BCUT2D eigenvalue weighted by Crippen LogP contribution is -2.15. The fraction of sp³-hybridized carbons (Fsp3) is 0.261. The highest BCUT2D eigenvalue weighted by Crippen LogP contribution is 2.40. The number of rotatable bonds is 7. The van der Waals surface area contributed by atoms with Crippen molar-refractivity contribution < 1.29 is 9.47 Å². The van der Waals surface area contributed by atoms with Crippen molar-refractivity contribution in [3.63, 3.8) is 0 Å². The lowest BCUT2D eigenvalue weighted by Gasteiger charge is -2.14. The molecule has 150 valence electrons. The molecule has 5 nitrogen and oxygen atoms in total. The van der Waals surface area contributed by atoms with Crippen LogP contribution in [0.5, 0.6) is 11.5 Å². The molecule has 0 aliphatic rings. The Morgan fingerprint density at radius 2 is 1.86 bits per heavy atom. The van der Waals surface area contributed by atoms with E-state index >= 15 is 0 Å². The first kappa shape index (κ1) is 19.5. The number of hydrogen-bond acceptors (Lipinski definition) is 5. The molecule has 0 atom stereocenters. The first-order chi connectivity index (χ1) is 14.1. The predicted octanol–water partition coefficient (Wildman–Crippen LogP) is 4.75. The Kier molecular flexibility index (Phi) is 5.56. The third-order valence-electron chi connectivity index (χ3n) is 4.94. The number of H-pyrrole nitrogens is 1. The molecular weight excluding hydrogens is 384 g/mol. The van der Waals surface area contributed by atoms with E-state index in [0.717, 1.165) is 56.6 Å². The van der Waals surface area contributed by atoms with Gasteiger partial charge in [-0.2, -0.15) is 0 Å². The average molecular weight is 409 g/mol. The number of methoxy groups -OCH3 is 1. The van der Waals surface area contributed by atoms with E-state index in [4.69, 9.17) is 9.47 Å². The second-order valence-electron chi connectivity index (χ2n) is 7.21. The van der Waals surface area contributed by atoms with Gasteiger partial charge in [0.2, 0.25) is 0 Å². The number of aromatic amines is 1. The molecule has 4 aromatic rings. The quantitative estimate of drug-likeness (QED) is 0.449. The van der Waals surface area contributed by atoms with Gasteiger partial charge in [0.05, 0.1) is 13.7 Å². The van der Waals surface area contributed by atoms with Gasteiger partial charge >= 0.3 is 0 Å². The van der Waals surface area contributed by atoms with Gasteiger partial charge in [0, 0.05) is 28.4 Å². The van der Waals surface area contributed by atoms with Gasteiger partial charge in [0.15, 0.2) is 0 Å². The van der Waals surface area contributed by atoms with E-state index in [1.54, 1.807) is 7.11 Å². The molecule has 2 heterocycles. The summed E-state index contributed by atoms with van der Waals surface area (Å²) in [6, 6.07) is 13.9. The van der Waals surface area contributed by atoms with E-state index < -0.39 is 0 Å². The zero-order valence-electron chi connectivity index (χ0n) is 16.8. The number of nitrogens with one attached hydrogen (secondary N) is 1. The summed E-state index contributed by atoms with van der Waals surface area (Å²) in [7, 11) is 5.79. The Morgan fingerprint density at radius 3 is 2.59 bits per heavy atom. The molecule has 0 radical (unpaired) electrons. The second kappa shape index (κ2) is 8.27. The molecule has 0 aliphatic carbocycles. The fourth-order valence-electron chi connectivity index (χ4n) is 3.57. The van der Waals surface area contributed by atoms with Gasteiger partial charge in [0.25, 0.3) is 5.56 Å². The lowest BCUT2D eigenvalue weighted by atomic mass is 9.97. The summed E-state index contributed by atoms with van der Waals surface area (Å²) in [5.74, 6) is 1.62. The maximum absolute atomic E-state index is 12.4. The Morgan fingerprint density at radius 1 is 1.07 bits per heavy atom. The predicted molar refractivity (Wildman–Crippen MR) is 121 cm³/mol. The largest absolute Gasteiger partial charge is 0.496 e. The summed E-state index contributed by atoms with van der Waals surface area (Å²) >= 11 is 1.45. The first-order valence-corrected chi connectivity index (χ1v) is 10.4. The van der Waals surface area contributed by atoms with Crippen LogP contribution in [0.2, 0.25) is 0 Å². The SMILES string of the molecule is COc1ccc2[nH]c(=O)c3sccc3c2c1-c1ccc(OCCCN(C)C)cc1. The summed E-state index contributed by atoms with van der Waals surface area (Å²) in [5.41, 5.74) is 2.75. The standard InChI is InChI=1S/C23H24N2O3S/c1-25(2)12-4-13-28-16-7-5-15(6-8-16)20-19(27-3)10-9-18-21(20)17-11-14-29-22(17)23(26)24-18/h5-11,14H,4,12-13H2,1-3H3,(H,24,26). The van der Waals surface area contributed by atoms with E-state index in [1.165, 1.54) is 11.3 Å². The van der Waals surface area contributed by atoms with Crippen molar-refractivity contribution in [1.29, 1.82) is 0 Å². The molecule has 2 aromatic heterocycles. The molecule has 2 aromatic carbocycles. The number of nitrogens with zero attached hydrogens (tertiary/aromatic N) is 1. The normalized spacial score (nSPS) is 11.4. The van der Waals surface area contributed by atoms with Crippen molar-refractivity contribution in [1.82, 2.24) is 9.88 Å². The van der Waals surface area contributed by atoms with Crippen LogP contribution in [0.4, 0.5) is 0 Å². The van der Waals surface area contributed by atoms with Crippen molar-refractivity contribution in [2.75, 3.05) is 34.4 Å². The smallest absolute Gasteiger partial charge is 0.266 e. The molecular formula is C23H24N2O3S. The maximum atomic E-state index is 12.4. The highest BCUT2D eigenvalue weighted by atomic mass is 32.1. The summed E-state index contributed by atoms with van der Waals surface area (Å²) in [5, 5.41) is 3.90. The van der Waals surface area contributed by atoms with Crippen LogP contribution < -0.4 is 15.0 Å². The molecule has 0 fully saturated rings. The Hall–Kier alpha value is -2.83. The number of aromatic nitrogens is 1. The Bertz CT molecular complexity index is 1190. The van der Waals surface area contributed by atoms with Crippen LogP contribution in [0.25, 0.3) is 32.1 Å². The first-order valence-electron chi connectivity index (χ1n) is 9.56. The van der Waals surface area contributed by atoms with Crippen molar-refractivity contribution >= 4 is 32.3 Å². The van der Waals surface area contributed by atoms with Gasteiger partial charge in [-0.15, -0.1) is 11.3 Å². The number of fused-ring (bicyclic) bond motifs is 3.